The molecule has 1 aromatic rings. The number of carbonyl (C=O) groups is 1. The number of carbonyl (C=O) groups excluding carboxylic acids is 1. The molecule has 2 fully saturated rings. The molecule has 0 radical (unpaired) electrons. The van der Waals surface area contributed by atoms with Gasteiger partial charge in [0.05, 0.1) is 19.8 Å². The van der Waals surface area contributed by atoms with Crippen molar-refractivity contribution in [1.29, 1.82) is 0 Å². The maximum atomic E-state index is 13.7. The summed E-state index contributed by atoms with van der Waals surface area (Å²) in [6.45, 7) is 5.98. The van der Waals surface area contributed by atoms with Gasteiger partial charge in [-0.3, -0.25) is 14.6 Å². The van der Waals surface area contributed by atoms with Gasteiger partial charge in [0.2, 0.25) is 5.91 Å². The summed E-state index contributed by atoms with van der Waals surface area (Å²) in [5.74, 6) is 2.36. The summed E-state index contributed by atoms with van der Waals surface area (Å²) in [5, 5.41) is 0. The van der Waals surface area contributed by atoms with E-state index in [0.717, 1.165) is 13.1 Å². The average Bonchev–Trinajstić information content (AvgIpc) is 2.64. The first-order chi connectivity index (χ1) is 12.2. The van der Waals surface area contributed by atoms with Crippen molar-refractivity contribution in [3.05, 3.63) is 35.6 Å². The number of nitrogens with zero attached hydrogens (tertiary/aromatic N) is 3. The van der Waals surface area contributed by atoms with Gasteiger partial charge in [-0.05, 0) is 17.7 Å². The van der Waals surface area contributed by atoms with E-state index in [2.05, 4.69) is 15.7 Å². The van der Waals surface area contributed by atoms with Crippen LogP contribution in [0.25, 0.3) is 0 Å². The van der Waals surface area contributed by atoms with E-state index in [-0.39, 0.29) is 11.7 Å². The monoisotopic (exact) mass is 345 g/mol. The van der Waals surface area contributed by atoms with Gasteiger partial charge < -0.3 is 9.64 Å². The van der Waals surface area contributed by atoms with E-state index in [1.807, 2.05) is 11.0 Å². The van der Waals surface area contributed by atoms with E-state index in [4.69, 9.17) is 11.2 Å². The van der Waals surface area contributed by atoms with Crippen LogP contribution in [0.1, 0.15) is 11.6 Å². The highest BCUT2D eigenvalue weighted by Crippen LogP contribution is 2.25. The predicted octanol–water partition coefficient (Wildman–Crippen LogP) is 0.976. The van der Waals surface area contributed by atoms with Crippen molar-refractivity contribution in [2.75, 3.05) is 59.0 Å². The Labute approximate surface area is 148 Å². The van der Waals surface area contributed by atoms with Gasteiger partial charge >= 0.3 is 0 Å². The second-order valence-corrected chi connectivity index (χ2v) is 6.41. The lowest BCUT2D eigenvalue weighted by molar-refractivity contribution is -0.140. The summed E-state index contributed by atoms with van der Waals surface area (Å²) in [6.07, 6.45) is 5.36. The Morgan fingerprint density at radius 2 is 1.92 bits per heavy atom. The molecule has 0 bridgehead atoms. The maximum absolute atomic E-state index is 13.7. The van der Waals surface area contributed by atoms with Crippen LogP contribution >= 0.6 is 0 Å². The van der Waals surface area contributed by atoms with Gasteiger partial charge in [-0.2, -0.15) is 0 Å². The van der Waals surface area contributed by atoms with Crippen molar-refractivity contribution in [3.63, 3.8) is 0 Å². The molecule has 0 N–H and O–H groups in total. The predicted molar refractivity (Wildman–Crippen MR) is 93.4 cm³/mol. The summed E-state index contributed by atoms with van der Waals surface area (Å²) >= 11 is 0. The highest BCUT2D eigenvalue weighted by Gasteiger charge is 2.33. The summed E-state index contributed by atoms with van der Waals surface area (Å²) in [7, 11) is 0. The van der Waals surface area contributed by atoms with E-state index in [1.54, 1.807) is 6.07 Å². The number of rotatable bonds is 4. The molecule has 134 valence electrons. The number of ether oxygens (including phenoxy) is 1. The minimum Gasteiger partial charge on any atom is -0.379 e. The molecule has 1 aromatic carbocycles. The minimum atomic E-state index is -0.459. The van der Waals surface area contributed by atoms with Gasteiger partial charge in [0, 0.05) is 39.3 Å². The molecule has 5 nitrogen and oxygen atoms in total. The molecule has 3 rings (SSSR count). The largest absolute Gasteiger partial charge is 0.379 e. The van der Waals surface area contributed by atoms with E-state index in [9.17, 15) is 9.18 Å². The summed E-state index contributed by atoms with van der Waals surface area (Å²) in [4.78, 5) is 19.4. The topological polar surface area (TPSA) is 36.0 Å². The molecule has 0 aliphatic carbocycles. The third kappa shape index (κ3) is 4.37. The van der Waals surface area contributed by atoms with Crippen LogP contribution in [-0.2, 0) is 9.53 Å². The van der Waals surface area contributed by atoms with Gasteiger partial charge in [0.1, 0.15) is 11.9 Å². The zero-order valence-corrected chi connectivity index (χ0v) is 14.4. The van der Waals surface area contributed by atoms with E-state index in [1.165, 1.54) is 12.1 Å². The van der Waals surface area contributed by atoms with Crippen LogP contribution in [0, 0.1) is 18.2 Å². The first kappa shape index (κ1) is 17.9. The average molecular weight is 345 g/mol. The first-order valence-corrected chi connectivity index (χ1v) is 8.71. The molecule has 0 saturated carbocycles. The minimum absolute atomic E-state index is 0.0351. The van der Waals surface area contributed by atoms with Crippen LogP contribution in [0.3, 0.4) is 0 Å². The van der Waals surface area contributed by atoms with Crippen molar-refractivity contribution in [3.8, 4) is 12.3 Å². The van der Waals surface area contributed by atoms with Crippen molar-refractivity contribution in [1.82, 2.24) is 14.7 Å². The van der Waals surface area contributed by atoms with Gasteiger partial charge in [-0.1, -0.05) is 18.1 Å². The summed E-state index contributed by atoms with van der Waals surface area (Å²) in [6, 6.07) is 5.90. The molecule has 2 saturated heterocycles. The number of halogens is 1. The molecule has 1 amide bonds. The highest BCUT2D eigenvalue weighted by molar-refractivity contribution is 5.83. The van der Waals surface area contributed by atoms with Gasteiger partial charge in [0.15, 0.2) is 0 Å². The van der Waals surface area contributed by atoms with Crippen molar-refractivity contribution < 1.29 is 13.9 Å². The Bertz CT molecular complexity index is 632. The normalized spacial score (nSPS) is 20.9. The molecular formula is C19H24FN3O2. The summed E-state index contributed by atoms with van der Waals surface area (Å²) in [5.41, 5.74) is 0.706. The van der Waals surface area contributed by atoms with Crippen LogP contribution in [0.5, 0.6) is 0 Å². The van der Waals surface area contributed by atoms with Crippen molar-refractivity contribution in [2.24, 2.45) is 0 Å². The molecule has 2 aliphatic rings. The Hall–Kier alpha value is -1.94. The Morgan fingerprint density at radius 1 is 1.20 bits per heavy atom. The number of benzene rings is 1. The lowest BCUT2D eigenvalue weighted by atomic mass is 10.0. The molecule has 0 spiro atoms. The fourth-order valence-corrected chi connectivity index (χ4v) is 3.45. The fourth-order valence-electron chi connectivity index (χ4n) is 3.45. The zero-order valence-electron chi connectivity index (χ0n) is 14.4. The lowest BCUT2D eigenvalue weighted by Gasteiger charge is -2.40. The van der Waals surface area contributed by atoms with Gasteiger partial charge in [0.25, 0.3) is 0 Å². The van der Waals surface area contributed by atoms with Crippen LogP contribution in [0.15, 0.2) is 24.3 Å². The fraction of sp³-hybridized carbons (Fsp3) is 0.526. The molecule has 1 atom stereocenters. The van der Waals surface area contributed by atoms with Gasteiger partial charge in [-0.15, -0.1) is 6.42 Å². The Balaban J connectivity index is 1.77. The number of hydrogen-bond acceptors (Lipinski definition) is 4. The van der Waals surface area contributed by atoms with E-state index < -0.39 is 6.04 Å². The van der Waals surface area contributed by atoms with E-state index >= 15 is 0 Å². The third-order valence-corrected chi connectivity index (χ3v) is 4.81. The standard InChI is InChI=1S/C19H24FN3O2/c1-2-6-21-7-9-23(10-8-21)19(24)18(22-11-13-25-14-12-22)16-4-3-5-17(20)15-16/h1,3-5,15,18H,6-14H2. The molecule has 6 heteroatoms. The number of hydrogen-bond donors (Lipinski definition) is 0. The Kier molecular flexibility index (Phi) is 6.03. The Morgan fingerprint density at radius 3 is 2.56 bits per heavy atom. The SMILES string of the molecule is C#CCN1CCN(C(=O)C(c2cccc(F)c2)N2CCOCC2)CC1. The van der Waals surface area contributed by atoms with Crippen LogP contribution < -0.4 is 0 Å². The number of terminal acetylenes is 1. The number of morpholine rings is 1. The quantitative estimate of drug-likeness (QED) is 0.762. The zero-order chi connectivity index (χ0) is 17.6. The van der Waals surface area contributed by atoms with Crippen LogP contribution in [0.4, 0.5) is 4.39 Å². The highest BCUT2D eigenvalue weighted by atomic mass is 19.1. The van der Waals surface area contributed by atoms with Gasteiger partial charge in [-0.25, -0.2) is 4.39 Å². The lowest BCUT2D eigenvalue weighted by Crippen LogP contribution is -2.53. The molecule has 25 heavy (non-hydrogen) atoms. The molecule has 1 unspecified atom stereocenters. The maximum Gasteiger partial charge on any atom is 0.244 e. The second-order valence-electron chi connectivity index (χ2n) is 6.41. The molecule has 2 heterocycles. The van der Waals surface area contributed by atoms with E-state index in [0.29, 0.717) is 51.5 Å². The smallest absolute Gasteiger partial charge is 0.244 e. The summed E-state index contributed by atoms with van der Waals surface area (Å²) < 4.78 is 19.2. The molecular weight excluding hydrogens is 321 g/mol. The van der Waals surface area contributed by atoms with Crippen LogP contribution in [0.2, 0.25) is 0 Å². The number of piperazine rings is 1. The van der Waals surface area contributed by atoms with Crippen LogP contribution in [-0.4, -0.2) is 79.6 Å². The molecule has 2 aliphatic heterocycles. The number of amides is 1. The van der Waals surface area contributed by atoms with Crippen molar-refractivity contribution in [2.45, 2.75) is 6.04 Å². The second kappa shape index (κ2) is 8.43. The van der Waals surface area contributed by atoms with Crippen molar-refractivity contribution >= 4 is 5.91 Å². The third-order valence-electron chi connectivity index (χ3n) is 4.81. The molecule has 0 aromatic heterocycles. The first-order valence-electron chi connectivity index (χ1n) is 8.71.